The Kier molecular flexibility index (Phi) is 40.6. The number of nitrogens with one attached hydrogen (secondary N) is 4. The second-order valence-corrected chi connectivity index (χ2v) is 26.5. The van der Waals surface area contributed by atoms with Crippen LogP contribution in [0.5, 0.6) is 5.75 Å². The van der Waals surface area contributed by atoms with Crippen molar-refractivity contribution in [2.24, 2.45) is 35.5 Å². The van der Waals surface area contributed by atoms with Crippen molar-refractivity contribution < 1.29 is 95.5 Å². The van der Waals surface area contributed by atoms with E-state index in [1.165, 1.54) is 52.7 Å². The van der Waals surface area contributed by atoms with Crippen LogP contribution in [0.15, 0.2) is 24.3 Å². The van der Waals surface area contributed by atoms with Crippen molar-refractivity contribution in [3.05, 3.63) is 29.8 Å². The monoisotopic (exact) mass is 1330 g/mol. The third-order valence-electron chi connectivity index (χ3n) is 18.1. The number of carbonyl (C=O) groups is 14. The number of benzene rings is 1. The maximum Gasteiger partial charge on any atom is 0.326 e. The van der Waals surface area contributed by atoms with E-state index in [-0.39, 0.29) is 109 Å². The number of Topliss-reactive ketones (excluding diaryl/α,β-unsaturated/α-hetero) is 6. The molecule has 0 radical (unpaired) electrons. The van der Waals surface area contributed by atoms with Crippen molar-refractivity contribution in [2.75, 3.05) is 6.54 Å². The number of phenolic OH excluding ortho intramolecular Hbond substituents is 1. The summed E-state index contributed by atoms with van der Waals surface area (Å²) in [5.41, 5.74) is -0.830. The van der Waals surface area contributed by atoms with Crippen LogP contribution in [-0.4, -0.2) is 132 Å². The lowest BCUT2D eigenvalue weighted by Crippen LogP contribution is -2.57. The Morgan fingerprint density at radius 1 is 0.511 bits per heavy atom. The first-order valence-corrected chi connectivity index (χ1v) is 34.5. The second kappa shape index (κ2) is 46.0. The van der Waals surface area contributed by atoms with Crippen molar-refractivity contribution in [1.29, 1.82) is 0 Å². The number of carbonyl (C=O) groups excluding carboxylic acids is 10. The largest absolute Gasteiger partial charge is 0.508 e. The fourth-order valence-electron chi connectivity index (χ4n) is 12.3. The quantitative estimate of drug-likeness (QED) is 0.0274. The normalized spacial score (nSPS) is 15.7. The van der Waals surface area contributed by atoms with Gasteiger partial charge in [0.1, 0.15) is 46.7 Å². The summed E-state index contributed by atoms with van der Waals surface area (Å²) >= 11 is 0. The van der Waals surface area contributed by atoms with Crippen LogP contribution in [0.25, 0.3) is 0 Å². The molecule has 0 saturated heterocycles. The minimum absolute atomic E-state index is 0. The van der Waals surface area contributed by atoms with Gasteiger partial charge in [-0.05, 0) is 103 Å². The molecular weight excluding hydrogens is 1210 g/mol. The number of hydrogen-bond donors (Lipinski definition) is 9. The smallest absolute Gasteiger partial charge is 0.326 e. The zero-order valence-electron chi connectivity index (χ0n) is 56.5. The number of carboxylic acid groups (broad SMARTS) is 4. The maximum atomic E-state index is 14.3. The predicted molar refractivity (Wildman–Crippen MR) is 355 cm³/mol. The molecule has 23 heteroatoms. The minimum Gasteiger partial charge on any atom is -0.508 e. The van der Waals surface area contributed by atoms with Gasteiger partial charge in [0.05, 0.1) is 17.4 Å². The van der Waals surface area contributed by atoms with Gasteiger partial charge >= 0.3 is 23.9 Å². The summed E-state index contributed by atoms with van der Waals surface area (Å²) in [6.45, 7) is 7.80. The van der Waals surface area contributed by atoms with Gasteiger partial charge in [0.15, 0.2) is 5.78 Å². The van der Waals surface area contributed by atoms with Gasteiger partial charge in [-0.15, -0.1) is 0 Å². The third-order valence-corrected chi connectivity index (χ3v) is 18.1. The van der Waals surface area contributed by atoms with E-state index < -0.39 is 131 Å². The molecule has 23 nitrogen and oxygen atoms in total. The zero-order chi connectivity index (χ0) is 70.2. The van der Waals surface area contributed by atoms with E-state index in [4.69, 9.17) is 5.11 Å². The Balaban J connectivity index is 0.0000451. The molecule has 0 aromatic heterocycles. The molecule has 0 spiro atoms. The van der Waals surface area contributed by atoms with E-state index in [0.717, 1.165) is 70.6 Å². The van der Waals surface area contributed by atoms with Gasteiger partial charge in [-0.1, -0.05) is 122 Å². The lowest BCUT2D eigenvalue weighted by molar-refractivity contribution is -0.145. The zero-order valence-corrected chi connectivity index (χ0v) is 56.5. The van der Waals surface area contributed by atoms with Gasteiger partial charge in [0.2, 0.25) is 23.6 Å². The molecule has 9 N–H and O–H groups in total. The van der Waals surface area contributed by atoms with Crippen LogP contribution in [-0.2, 0) is 73.5 Å². The van der Waals surface area contributed by atoms with Gasteiger partial charge in [-0.3, -0.25) is 62.3 Å². The summed E-state index contributed by atoms with van der Waals surface area (Å²) < 4.78 is 0. The number of carboxylic acids is 4. The Bertz CT molecular complexity index is 2650. The van der Waals surface area contributed by atoms with Crippen LogP contribution in [0.1, 0.15) is 268 Å². The predicted octanol–water partition coefficient (Wildman–Crippen LogP) is 10.6. The molecule has 532 valence electrons. The van der Waals surface area contributed by atoms with Crippen LogP contribution >= 0.6 is 0 Å². The lowest BCUT2D eigenvalue weighted by atomic mass is 9.77. The standard InChI is InChI=1S/C71H110N4O19.2H2/c1-6-7-25-50(46-62(82)71(4,5)75-67(88)60(73-48(3)77)42-49-31-35-54(78)36-32-49)61(81)45-51(66(87)58-29-24-28-57(58)47(2)76)26-22-23-41-72-63(83)39-33-52(68(89)90)44-56(80)37-38-59(70(93)94)74-64(84)40-34-53(69(91)92)43-55(79)27-20-18-16-14-12-10-8-9-11-13-15-17-19-21-30-65(85)86;;/h31-32,35-36,50-53,57-60,78H,6-30,33-34,37-46H2,1-5H3,(H,72,83)(H,73,77)(H,74,84)(H,75,88)(H,85,86)(H,89,90)(H,91,92)(H,93,94);2*1H/t50-,51-,52-,53-,57+,58?,59-,60+;;/m1../s1. The number of aromatic hydroxyl groups is 1. The van der Waals surface area contributed by atoms with Crippen molar-refractivity contribution >= 4 is 82.2 Å². The maximum absolute atomic E-state index is 14.3. The van der Waals surface area contributed by atoms with Crippen LogP contribution in [0.3, 0.4) is 0 Å². The summed E-state index contributed by atoms with van der Waals surface area (Å²) in [6.07, 6.45) is 15.9. The minimum atomic E-state index is -1.55. The van der Waals surface area contributed by atoms with Crippen LogP contribution in [0.4, 0.5) is 0 Å². The average molecular weight is 1330 g/mol. The fourth-order valence-corrected chi connectivity index (χ4v) is 12.3. The Labute approximate surface area is 558 Å². The molecule has 8 atom stereocenters. The summed E-state index contributed by atoms with van der Waals surface area (Å²) in [7, 11) is 0. The highest BCUT2D eigenvalue weighted by molar-refractivity contribution is 5.98. The lowest BCUT2D eigenvalue weighted by Gasteiger charge is -2.30. The molecule has 1 aromatic rings. The van der Waals surface area contributed by atoms with Crippen molar-refractivity contribution in [3.63, 3.8) is 0 Å². The van der Waals surface area contributed by atoms with Gasteiger partial charge < -0.3 is 46.8 Å². The highest BCUT2D eigenvalue weighted by atomic mass is 16.4. The number of unbranched alkanes of at least 4 members (excludes halogenated alkanes) is 15. The Morgan fingerprint density at radius 2 is 1.02 bits per heavy atom. The number of ketones is 6. The summed E-state index contributed by atoms with van der Waals surface area (Å²) in [4.78, 5) is 180. The molecule has 1 aliphatic rings. The number of hydrogen-bond acceptors (Lipinski definition) is 15. The number of phenols is 1. The van der Waals surface area contributed by atoms with Crippen molar-refractivity contribution in [1.82, 2.24) is 21.3 Å². The Morgan fingerprint density at radius 3 is 1.53 bits per heavy atom. The van der Waals surface area contributed by atoms with Crippen molar-refractivity contribution in [2.45, 2.75) is 283 Å². The van der Waals surface area contributed by atoms with Crippen LogP contribution in [0.2, 0.25) is 0 Å². The summed E-state index contributed by atoms with van der Waals surface area (Å²) in [5, 5.41) is 58.4. The summed E-state index contributed by atoms with van der Waals surface area (Å²) in [6, 6.07) is 3.50. The van der Waals surface area contributed by atoms with Crippen molar-refractivity contribution in [3.8, 4) is 5.75 Å². The second-order valence-electron chi connectivity index (χ2n) is 26.5. The van der Waals surface area contributed by atoms with E-state index in [1.54, 1.807) is 12.1 Å². The molecule has 1 saturated carbocycles. The first-order valence-electron chi connectivity index (χ1n) is 34.5. The van der Waals surface area contributed by atoms with E-state index in [9.17, 15) is 87.5 Å². The molecule has 0 bridgehead atoms. The first kappa shape index (κ1) is 82.9. The molecule has 0 heterocycles. The van der Waals surface area contributed by atoms with Crippen LogP contribution in [0, 0.1) is 35.5 Å². The molecule has 4 amide bonds. The molecule has 94 heavy (non-hydrogen) atoms. The van der Waals surface area contributed by atoms with Gasteiger partial charge in [0, 0.05) is 104 Å². The van der Waals surface area contributed by atoms with Crippen LogP contribution < -0.4 is 21.3 Å². The van der Waals surface area contributed by atoms with E-state index in [1.807, 2.05) is 6.92 Å². The van der Waals surface area contributed by atoms with Gasteiger partial charge in [-0.2, -0.15) is 0 Å². The molecule has 0 aliphatic heterocycles. The van der Waals surface area contributed by atoms with E-state index >= 15 is 0 Å². The summed E-state index contributed by atoms with van der Waals surface area (Å²) in [5.74, 6) is -14.2. The Hall–Kier alpha value is -7.20. The van der Waals surface area contributed by atoms with E-state index in [0.29, 0.717) is 63.4 Å². The number of amides is 4. The highest BCUT2D eigenvalue weighted by Crippen LogP contribution is 2.37. The first-order chi connectivity index (χ1) is 44.5. The van der Waals surface area contributed by atoms with Gasteiger partial charge in [0.25, 0.3) is 0 Å². The molecular formula is C71H114N4O19. The SMILES string of the molecule is CCCC[C@H](CC(=O)C(C)(C)NC(=O)[C@H](Cc1ccc(O)cc1)NC(C)=O)C(=O)C[C@@H](CCCCNC(=O)CC[C@H](CC(=O)CC[C@@H](NC(=O)CC[C@H](CC(=O)CCCCCCCCCCCCCCCCC(=O)O)C(=O)O)C(=O)O)C(=O)O)C(=O)C1CCC[C@H]1C(C)=O.[HH].[HH]. The number of rotatable bonds is 56. The fraction of sp³-hybridized carbons (Fsp3) is 0.718. The van der Waals surface area contributed by atoms with Gasteiger partial charge in [-0.25, -0.2) is 4.79 Å². The van der Waals surface area contributed by atoms with E-state index in [2.05, 4.69) is 21.3 Å². The highest BCUT2D eigenvalue weighted by Gasteiger charge is 2.41. The topological polar surface area (TPSA) is 388 Å². The third kappa shape index (κ3) is 35.3. The molecule has 1 unspecified atom stereocenters. The number of aliphatic carboxylic acids is 4. The molecule has 2 rings (SSSR count). The molecule has 1 aromatic carbocycles. The molecule has 1 aliphatic carbocycles. The average Bonchev–Trinajstić information content (AvgIpc) is 1.38. The molecule has 1 fully saturated rings.